The van der Waals surface area contributed by atoms with Crippen LogP contribution in [0.25, 0.3) is 0 Å². The molecule has 0 saturated carbocycles. The first-order valence-electron chi connectivity index (χ1n) is 3.06. The average Bonchev–Trinajstić information content (AvgIpc) is 1.88. The van der Waals surface area contributed by atoms with E-state index in [1.54, 1.807) is 0 Å². The Morgan fingerprint density at radius 2 is 1.08 bits per heavy atom. The molecule has 0 radical (unpaired) electrons. The van der Waals surface area contributed by atoms with Crippen LogP contribution >= 0.6 is 0 Å². The Balaban J connectivity index is -0.000000143. The number of aliphatic carboxylic acids is 2. The van der Waals surface area contributed by atoms with Gasteiger partial charge in [0.1, 0.15) is 0 Å². The maximum atomic E-state index is 9.34. The van der Waals surface area contributed by atoms with Crippen LogP contribution in [0, 0.1) is 0 Å². The molecule has 0 aliphatic carbocycles. The number of rotatable bonds is 2. The molecule has 0 aromatic carbocycles. The van der Waals surface area contributed by atoms with Gasteiger partial charge in [0.25, 0.3) is 0 Å². The zero-order valence-corrected chi connectivity index (χ0v) is 11.8. The van der Waals surface area contributed by atoms with E-state index < -0.39 is 24.1 Å². The van der Waals surface area contributed by atoms with E-state index >= 15 is 0 Å². The van der Waals surface area contributed by atoms with E-state index in [1.165, 1.54) is 0 Å². The Hall–Kier alpha value is 0.431. The van der Waals surface area contributed by atoms with Crippen molar-refractivity contribution in [1.82, 2.24) is 0 Å². The molecular formula is C6H10BaO6. The Morgan fingerprint density at radius 3 is 1.08 bits per heavy atom. The third-order valence-corrected chi connectivity index (χ3v) is 0.682. The van der Waals surface area contributed by atoms with E-state index in [2.05, 4.69) is 0 Å². The van der Waals surface area contributed by atoms with Gasteiger partial charge >= 0.3 is 48.9 Å². The minimum atomic E-state index is -1.44. The summed E-state index contributed by atoms with van der Waals surface area (Å²) in [5.74, 6) is -2.87. The van der Waals surface area contributed by atoms with Gasteiger partial charge in [-0.3, -0.25) is 0 Å². The Bertz CT molecular complexity index is 137. The second-order valence-corrected chi connectivity index (χ2v) is 1.99. The van der Waals surface area contributed by atoms with Crippen molar-refractivity contribution in [1.29, 1.82) is 0 Å². The molecule has 7 heteroatoms. The SMILES string of the molecule is C[C@H](O)C(=O)[O-].C[C@H](O)C(=O)[O-].[Ba+2]. The van der Waals surface area contributed by atoms with Gasteiger partial charge in [-0.1, -0.05) is 0 Å². The van der Waals surface area contributed by atoms with Crippen molar-refractivity contribution in [2.45, 2.75) is 26.1 Å². The maximum Gasteiger partial charge on any atom is 2.00 e. The summed E-state index contributed by atoms with van der Waals surface area (Å²) in [5, 5.41) is 34.6. The second kappa shape index (κ2) is 10.5. The van der Waals surface area contributed by atoms with Gasteiger partial charge in [-0.15, -0.1) is 0 Å². The molecule has 0 aromatic heterocycles. The smallest absolute Gasteiger partial charge is 0.547 e. The van der Waals surface area contributed by atoms with Gasteiger partial charge in [-0.25, -0.2) is 0 Å². The largest absolute Gasteiger partial charge is 2.00 e. The molecule has 0 heterocycles. The summed E-state index contributed by atoms with van der Waals surface area (Å²) in [6, 6.07) is 0. The molecule has 0 saturated heterocycles. The third-order valence-electron chi connectivity index (χ3n) is 0.682. The van der Waals surface area contributed by atoms with E-state index in [4.69, 9.17) is 10.2 Å². The third kappa shape index (κ3) is 19.0. The molecule has 0 unspecified atom stereocenters. The molecule has 2 N–H and O–H groups in total. The zero-order valence-electron chi connectivity index (χ0n) is 7.39. The van der Waals surface area contributed by atoms with Crippen molar-refractivity contribution in [3.05, 3.63) is 0 Å². The fraction of sp³-hybridized carbons (Fsp3) is 0.667. The quantitative estimate of drug-likeness (QED) is 0.499. The summed E-state index contributed by atoms with van der Waals surface area (Å²) in [5.41, 5.74) is 0. The van der Waals surface area contributed by atoms with E-state index in [0.29, 0.717) is 0 Å². The molecule has 0 amide bonds. The molecule has 2 atom stereocenters. The molecule has 0 spiro atoms. The Kier molecular flexibility index (Phi) is 15.4. The summed E-state index contributed by atoms with van der Waals surface area (Å²) in [7, 11) is 0. The molecule has 6 nitrogen and oxygen atoms in total. The van der Waals surface area contributed by atoms with Crippen molar-refractivity contribution in [3.8, 4) is 0 Å². The van der Waals surface area contributed by atoms with Gasteiger partial charge < -0.3 is 30.0 Å². The van der Waals surface area contributed by atoms with Crippen LogP contribution in [-0.4, -0.2) is 83.2 Å². The van der Waals surface area contributed by atoms with Crippen LogP contribution < -0.4 is 10.2 Å². The van der Waals surface area contributed by atoms with Crippen molar-refractivity contribution in [3.63, 3.8) is 0 Å². The number of carboxylic acid groups (broad SMARTS) is 2. The molecule has 0 bridgehead atoms. The van der Waals surface area contributed by atoms with E-state index in [1.807, 2.05) is 0 Å². The molecule has 0 aliphatic rings. The van der Waals surface area contributed by atoms with Crippen LogP contribution in [0.2, 0.25) is 0 Å². The van der Waals surface area contributed by atoms with Crippen LogP contribution in [0.4, 0.5) is 0 Å². The zero-order chi connectivity index (χ0) is 10.3. The van der Waals surface area contributed by atoms with Gasteiger partial charge in [0.2, 0.25) is 0 Å². The fourth-order valence-electron chi connectivity index (χ4n) is 0. The molecule has 0 aromatic rings. The summed E-state index contributed by atoms with van der Waals surface area (Å²) in [6.45, 7) is 2.27. The van der Waals surface area contributed by atoms with E-state index in [0.717, 1.165) is 13.8 Å². The molecular weight excluding hydrogens is 305 g/mol. The van der Waals surface area contributed by atoms with Crippen molar-refractivity contribution >= 4 is 60.8 Å². The van der Waals surface area contributed by atoms with E-state index in [9.17, 15) is 19.8 Å². The Labute approximate surface area is 116 Å². The van der Waals surface area contributed by atoms with E-state index in [-0.39, 0.29) is 48.9 Å². The second-order valence-electron chi connectivity index (χ2n) is 1.99. The van der Waals surface area contributed by atoms with Gasteiger partial charge in [0.15, 0.2) is 0 Å². The van der Waals surface area contributed by atoms with Gasteiger partial charge in [-0.05, 0) is 13.8 Å². The normalized spacial score (nSPS) is 12.6. The van der Waals surface area contributed by atoms with Crippen molar-refractivity contribution in [2.75, 3.05) is 0 Å². The number of hydrogen-bond donors (Lipinski definition) is 2. The van der Waals surface area contributed by atoms with Crippen molar-refractivity contribution < 1.29 is 30.0 Å². The van der Waals surface area contributed by atoms with Gasteiger partial charge in [0.05, 0.1) is 24.1 Å². The number of hydrogen-bond acceptors (Lipinski definition) is 6. The predicted molar refractivity (Wildman–Crippen MR) is 39.1 cm³/mol. The Morgan fingerprint density at radius 1 is 1.00 bits per heavy atom. The minimum Gasteiger partial charge on any atom is -0.547 e. The first-order valence-corrected chi connectivity index (χ1v) is 3.06. The van der Waals surface area contributed by atoms with Crippen molar-refractivity contribution in [2.24, 2.45) is 0 Å². The standard InChI is InChI=1S/2C3H6O3.Ba/c2*1-2(4)3(5)6;/h2*2,4H,1H3,(H,5,6);/q;;+2/p-2/t2*2-;/m00./s1. The molecule has 72 valence electrons. The molecule has 13 heavy (non-hydrogen) atoms. The number of carboxylic acids is 2. The topological polar surface area (TPSA) is 121 Å². The van der Waals surface area contributed by atoms with Crippen LogP contribution in [-0.2, 0) is 9.59 Å². The monoisotopic (exact) mass is 316 g/mol. The predicted octanol–water partition coefficient (Wildman–Crippen LogP) is -4.15. The average molecular weight is 315 g/mol. The first kappa shape index (κ1) is 19.1. The fourth-order valence-corrected chi connectivity index (χ4v) is 0. The minimum absolute atomic E-state index is 0. The van der Waals surface area contributed by atoms with Crippen LogP contribution in [0.3, 0.4) is 0 Å². The molecule has 0 aliphatic heterocycles. The van der Waals surface area contributed by atoms with Gasteiger partial charge in [-0.2, -0.15) is 0 Å². The van der Waals surface area contributed by atoms with Crippen LogP contribution in [0.1, 0.15) is 13.8 Å². The van der Waals surface area contributed by atoms with Crippen LogP contribution in [0.5, 0.6) is 0 Å². The first-order chi connectivity index (χ1) is 5.29. The molecule has 0 fully saturated rings. The number of aliphatic hydroxyl groups excluding tert-OH is 2. The summed E-state index contributed by atoms with van der Waals surface area (Å²) >= 11 is 0. The number of aliphatic hydroxyl groups is 2. The number of carbonyl (C=O) groups is 2. The summed E-state index contributed by atoms with van der Waals surface area (Å²) in [6.07, 6.45) is -2.69. The summed E-state index contributed by atoms with van der Waals surface area (Å²) in [4.78, 5) is 18.7. The van der Waals surface area contributed by atoms with Crippen LogP contribution in [0.15, 0.2) is 0 Å². The summed E-state index contributed by atoms with van der Waals surface area (Å²) < 4.78 is 0. The molecule has 0 rings (SSSR count). The maximum absolute atomic E-state index is 9.34. The van der Waals surface area contributed by atoms with Gasteiger partial charge in [0, 0.05) is 0 Å². The number of carbonyl (C=O) groups excluding carboxylic acids is 2.